The molecule has 2 atom stereocenters. The van der Waals surface area contributed by atoms with Crippen molar-refractivity contribution in [3.63, 3.8) is 0 Å². The summed E-state index contributed by atoms with van der Waals surface area (Å²) < 4.78 is 27.8. The molecule has 1 aromatic rings. The molecular formula is C14H21NO4S. The predicted molar refractivity (Wildman–Crippen MR) is 77.6 cm³/mol. The van der Waals surface area contributed by atoms with Gasteiger partial charge >= 0.3 is 0 Å². The van der Waals surface area contributed by atoms with Crippen molar-refractivity contribution in [2.24, 2.45) is 5.92 Å². The molecule has 1 heterocycles. The number of ether oxygens (including phenoxy) is 1. The number of sulfone groups is 1. The van der Waals surface area contributed by atoms with Gasteiger partial charge in [0.05, 0.1) is 24.7 Å². The third-order valence-corrected chi connectivity index (χ3v) is 5.41. The summed E-state index contributed by atoms with van der Waals surface area (Å²) in [5.74, 6) is 1.42. The molecule has 6 heteroatoms. The van der Waals surface area contributed by atoms with Crippen LogP contribution in [0.3, 0.4) is 0 Å². The van der Waals surface area contributed by atoms with Crippen LogP contribution in [0.1, 0.15) is 18.1 Å². The first-order valence-corrected chi connectivity index (χ1v) is 8.55. The first-order valence-electron chi connectivity index (χ1n) is 6.73. The molecule has 0 amide bonds. The predicted octanol–water partition coefficient (Wildman–Crippen LogP) is 0.753. The fourth-order valence-corrected chi connectivity index (χ4v) is 4.29. The molecular weight excluding hydrogens is 278 g/mol. The summed E-state index contributed by atoms with van der Waals surface area (Å²) in [6.45, 7) is 1.03. The maximum Gasteiger partial charge on any atom is 0.150 e. The number of aliphatic hydroxyl groups excluding tert-OH is 1. The Morgan fingerprint density at radius 2 is 2.30 bits per heavy atom. The van der Waals surface area contributed by atoms with Crippen LogP contribution in [0.15, 0.2) is 24.3 Å². The number of nitrogens with one attached hydrogen (secondary N) is 1. The molecule has 2 N–H and O–H groups in total. The topological polar surface area (TPSA) is 75.6 Å². The molecule has 1 aromatic carbocycles. The maximum absolute atomic E-state index is 11.3. The summed E-state index contributed by atoms with van der Waals surface area (Å²) in [7, 11) is -1.24. The number of benzene rings is 1. The number of hydrogen-bond donors (Lipinski definition) is 2. The molecule has 2 rings (SSSR count). The van der Waals surface area contributed by atoms with E-state index in [0.717, 1.165) is 5.56 Å². The quantitative estimate of drug-likeness (QED) is 0.811. The highest BCUT2D eigenvalue weighted by molar-refractivity contribution is 7.91. The minimum atomic E-state index is -2.83. The van der Waals surface area contributed by atoms with Crippen LogP contribution in [0.5, 0.6) is 5.75 Å². The summed E-state index contributed by atoms with van der Waals surface area (Å²) >= 11 is 0. The van der Waals surface area contributed by atoms with Crippen molar-refractivity contribution in [3.05, 3.63) is 29.8 Å². The second-order valence-electron chi connectivity index (χ2n) is 5.22. The molecule has 0 aliphatic carbocycles. The summed E-state index contributed by atoms with van der Waals surface area (Å²) in [5, 5.41) is 13.2. The molecule has 1 aliphatic rings. The number of hydrogen-bond acceptors (Lipinski definition) is 5. The van der Waals surface area contributed by atoms with Crippen molar-refractivity contribution in [1.82, 2.24) is 5.32 Å². The Kier molecular flexibility index (Phi) is 5.01. The van der Waals surface area contributed by atoms with Gasteiger partial charge in [-0.2, -0.15) is 0 Å². The van der Waals surface area contributed by atoms with Gasteiger partial charge < -0.3 is 15.2 Å². The first kappa shape index (κ1) is 15.3. The Hall–Kier alpha value is -1.11. The van der Waals surface area contributed by atoms with E-state index in [9.17, 15) is 13.5 Å². The monoisotopic (exact) mass is 299 g/mol. The van der Waals surface area contributed by atoms with Crippen LogP contribution < -0.4 is 10.1 Å². The van der Waals surface area contributed by atoms with Crippen molar-refractivity contribution in [3.8, 4) is 5.75 Å². The van der Waals surface area contributed by atoms with Crippen LogP contribution >= 0.6 is 0 Å². The zero-order chi connectivity index (χ0) is 14.6. The summed E-state index contributed by atoms with van der Waals surface area (Å²) in [6.07, 6.45) is 0.0908. The van der Waals surface area contributed by atoms with E-state index in [4.69, 9.17) is 4.74 Å². The summed E-state index contributed by atoms with van der Waals surface area (Å²) in [6, 6.07) is 7.30. The lowest BCUT2D eigenvalue weighted by Crippen LogP contribution is -2.28. The minimum Gasteiger partial charge on any atom is -0.497 e. The molecule has 0 radical (unpaired) electrons. The molecule has 0 aromatic heterocycles. The normalized spacial score (nSPS) is 22.6. The zero-order valence-corrected chi connectivity index (χ0v) is 12.4. The van der Waals surface area contributed by atoms with Crippen LogP contribution in [0.25, 0.3) is 0 Å². The zero-order valence-electron chi connectivity index (χ0n) is 11.6. The Labute approximate surface area is 119 Å². The molecule has 0 saturated carbocycles. The highest BCUT2D eigenvalue weighted by Gasteiger charge is 2.27. The van der Waals surface area contributed by atoms with E-state index < -0.39 is 15.9 Å². The Morgan fingerprint density at radius 1 is 1.50 bits per heavy atom. The van der Waals surface area contributed by atoms with Gasteiger partial charge in [-0.25, -0.2) is 8.42 Å². The van der Waals surface area contributed by atoms with Gasteiger partial charge in [-0.05, 0) is 36.6 Å². The van der Waals surface area contributed by atoms with Gasteiger partial charge in [0, 0.05) is 6.54 Å². The molecule has 0 bridgehead atoms. The average molecular weight is 299 g/mol. The van der Waals surface area contributed by atoms with Crippen molar-refractivity contribution >= 4 is 9.84 Å². The highest BCUT2D eigenvalue weighted by Crippen LogP contribution is 2.20. The van der Waals surface area contributed by atoms with Gasteiger partial charge in [0.25, 0.3) is 0 Å². The highest BCUT2D eigenvalue weighted by atomic mass is 32.2. The van der Waals surface area contributed by atoms with Gasteiger partial charge in [-0.1, -0.05) is 12.1 Å². The van der Waals surface area contributed by atoms with Crippen molar-refractivity contribution in [2.75, 3.05) is 31.7 Å². The van der Waals surface area contributed by atoms with Crippen LogP contribution in [-0.4, -0.2) is 45.2 Å². The Balaban J connectivity index is 1.79. The molecule has 1 fully saturated rings. The molecule has 1 saturated heterocycles. The lowest BCUT2D eigenvalue weighted by Gasteiger charge is -2.15. The smallest absolute Gasteiger partial charge is 0.150 e. The fraction of sp³-hybridized carbons (Fsp3) is 0.571. The van der Waals surface area contributed by atoms with Gasteiger partial charge in [0.15, 0.2) is 9.84 Å². The fourth-order valence-electron chi connectivity index (χ4n) is 2.42. The lowest BCUT2D eigenvalue weighted by molar-refractivity contribution is 0.173. The van der Waals surface area contributed by atoms with Crippen molar-refractivity contribution in [2.45, 2.75) is 12.5 Å². The molecule has 2 unspecified atom stereocenters. The van der Waals surface area contributed by atoms with Gasteiger partial charge in [-0.3, -0.25) is 0 Å². The Morgan fingerprint density at radius 3 is 2.95 bits per heavy atom. The van der Waals surface area contributed by atoms with E-state index in [0.29, 0.717) is 25.3 Å². The van der Waals surface area contributed by atoms with E-state index >= 15 is 0 Å². The lowest BCUT2D eigenvalue weighted by atomic mass is 10.1. The van der Waals surface area contributed by atoms with Crippen LogP contribution in [-0.2, 0) is 9.84 Å². The SMILES string of the molecule is COc1cccc(C(O)CNCC2CCS(=O)(=O)C2)c1. The van der Waals surface area contributed by atoms with Gasteiger partial charge in [0.2, 0.25) is 0 Å². The minimum absolute atomic E-state index is 0.164. The van der Waals surface area contributed by atoms with Gasteiger partial charge in [0.1, 0.15) is 5.75 Å². The third kappa shape index (κ3) is 4.19. The standard InChI is InChI=1S/C14H21NO4S/c1-19-13-4-2-3-12(7-13)14(16)9-15-8-11-5-6-20(17,18)10-11/h2-4,7,11,14-16H,5-6,8-10H2,1H3. The largest absolute Gasteiger partial charge is 0.497 e. The second-order valence-corrected chi connectivity index (χ2v) is 7.45. The first-order chi connectivity index (χ1) is 9.50. The van der Waals surface area contributed by atoms with E-state index in [1.165, 1.54) is 0 Å². The second kappa shape index (κ2) is 6.56. The van der Waals surface area contributed by atoms with E-state index in [1.54, 1.807) is 13.2 Å². The van der Waals surface area contributed by atoms with E-state index in [-0.39, 0.29) is 17.4 Å². The van der Waals surface area contributed by atoms with E-state index in [2.05, 4.69) is 5.32 Å². The van der Waals surface area contributed by atoms with Crippen LogP contribution in [0.2, 0.25) is 0 Å². The maximum atomic E-state index is 11.3. The third-order valence-electron chi connectivity index (χ3n) is 3.58. The molecule has 5 nitrogen and oxygen atoms in total. The molecule has 1 aliphatic heterocycles. The number of rotatable bonds is 6. The van der Waals surface area contributed by atoms with E-state index in [1.807, 2.05) is 18.2 Å². The number of aliphatic hydroxyl groups is 1. The summed E-state index contributed by atoms with van der Waals surface area (Å²) in [4.78, 5) is 0. The van der Waals surface area contributed by atoms with Crippen molar-refractivity contribution in [1.29, 1.82) is 0 Å². The molecule has 0 spiro atoms. The summed E-state index contributed by atoms with van der Waals surface area (Å²) in [5.41, 5.74) is 0.788. The Bertz CT molecular complexity index is 544. The average Bonchev–Trinajstić information content (AvgIpc) is 2.78. The van der Waals surface area contributed by atoms with Gasteiger partial charge in [-0.15, -0.1) is 0 Å². The van der Waals surface area contributed by atoms with Crippen LogP contribution in [0, 0.1) is 5.92 Å². The van der Waals surface area contributed by atoms with Crippen molar-refractivity contribution < 1.29 is 18.3 Å². The van der Waals surface area contributed by atoms with Crippen LogP contribution in [0.4, 0.5) is 0 Å². The molecule has 112 valence electrons. The molecule has 20 heavy (non-hydrogen) atoms. The number of methoxy groups -OCH3 is 1.